The second-order valence-electron chi connectivity index (χ2n) is 6.12. The van der Waals surface area contributed by atoms with Crippen molar-refractivity contribution in [3.8, 4) is 17.0 Å². The molecule has 1 N–H and O–H groups in total. The van der Waals surface area contributed by atoms with E-state index in [1.807, 2.05) is 30.3 Å². The molecule has 2 heterocycles. The maximum Gasteiger partial charge on any atom is 0.341 e. The van der Waals surface area contributed by atoms with Gasteiger partial charge in [-0.15, -0.1) is 11.3 Å². The third-order valence-electron chi connectivity index (χ3n) is 4.31. The van der Waals surface area contributed by atoms with E-state index < -0.39 is 23.1 Å². The summed E-state index contributed by atoms with van der Waals surface area (Å²) in [6, 6.07) is 9.32. The van der Waals surface area contributed by atoms with Crippen molar-refractivity contribution in [1.82, 2.24) is 9.13 Å². The summed E-state index contributed by atoms with van der Waals surface area (Å²) >= 11 is 1.21. The highest BCUT2D eigenvalue weighted by atomic mass is 32.1. The summed E-state index contributed by atoms with van der Waals surface area (Å²) in [5.74, 6) is -1.03. The molecule has 9 heteroatoms. The van der Waals surface area contributed by atoms with Crippen molar-refractivity contribution >= 4 is 28.5 Å². The van der Waals surface area contributed by atoms with Crippen molar-refractivity contribution < 1.29 is 14.6 Å². The third kappa shape index (κ3) is 3.77. The average Bonchev–Trinajstić information content (AvgIpc) is 3.15. The number of hydrogen-bond donors (Lipinski definition) is 1. The van der Waals surface area contributed by atoms with Crippen LogP contribution in [0.1, 0.15) is 22.8 Å². The molecule has 0 radical (unpaired) electrons. The molecule has 0 saturated carbocycles. The third-order valence-corrected chi connectivity index (χ3v) is 5.20. The fourth-order valence-corrected chi connectivity index (χ4v) is 3.68. The number of aromatic nitrogens is 2. The minimum Gasteiger partial charge on any atom is -0.494 e. The molecule has 0 aliphatic heterocycles. The van der Waals surface area contributed by atoms with Crippen LogP contribution >= 0.6 is 11.3 Å². The topological polar surface area (TPSA) is 103 Å². The van der Waals surface area contributed by atoms with E-state index in [0.29, 0.717) is 10.6 Å². The van der Waals surface area contributed by atoms with Gasteiger partial charge >= 0.3 is 11.7 Å². The molecule has 150 valence electrons. The molecule has 0 aliphatic carbocycles. The monoisotopic (exact) mass is 413 g/mol. The van der Waals surface area contributed by atoms with Crippen molar-refractivity contribution in [2.75, 3.05) is 6.61 Å². The van der Waals surface area contributed by atoms with Gasteiger partial charge in [-0.05, 0) is 12.5 Å². The molecule has 2 aromatic heterocycles. The van der Waals surface area contributed by atoms with Gasteiger partial charge in [0.2, 0.25) is 5.88 Å². The SMILES string of the molecule is CCOC(=O)c1c(-c2ccccc2)csc1N=Cc1c(O)n(C)c(=O)n(C)c1=O. The van der Waals surface area contributed by atoms with E-state index in [9.17, 15) is 19.5 Å². The van der Waals surface area contributed by atoms with Crippen LogP contribution in [-0.2, 0) is 18.8 Å². The Balaban J connectivity index is 2.14. The van der Waals surface area contributed by atoms with Gasteiger partial charge in [0.25, 0.3) is 5.56 Å². The van der Waals surface area contributed by atoms with Crippen molar-refractivity contribution in [2.24, 2.45) is 19.1 Å². The molecule has 0 aliphatic rings. The van der Waals surface area contributed by atoms with Crippen LogP contribution in [0.15, 0.2) is 50.3 Å². The van der Waals surface area contributed by atoms with Gasteiger partial charge in [0.05, 0.1) is 6.61 Å². The van der Waals surface area contributed by atoms with Crippen LogP contribution in [0.2, 0.25) is 0 Å². The number of ether oxygens (including phenoxy) is 1. The van der Waals surface area contributed by atoms with Gasteiger partial charge in [0.1, 0.15) is 16.1 Å². The van der Waals surface area contributed by atoms with Gasteiger partial charge in [-0.25, -0.2) is 14.6 Å². The molecule has 3 rings (SSSR count). The van der Waals surface area contributed by atoms with Crippen LogP contribution in [0.25, 0.3) is 11.1 Å². The Labute approximate surface area is 170 Å². The lowest BCUT2D eigenvalue weighted by Crippen LogP contribution is -2.38. The summed E-state index contributed by atoms with van der Waals surface area (Å²) in [5, 5.41) is 12.3. The number of thiophene rings is 1. The van der Waals surface area contributed by atoms with E-state index in [4.69, 9.17) is 4.74 Å². The van der Waals surface area contributed by atoms with Crippen molar-refractivity contribution in [3.05, 3.63) is 67.7 Å². The number of carbonyl (C=O) groups is 1. The number of hydrogen-bond acceptors (Lipinski definition) is 7. The first-order valence-corrected chi connectivity index (χ1v) is 9.61. The van der Waals surface area contributed by atoms with Crippen LogP contribution in [0.4, 0.5) is 5.00 Å². The van der Waals surface area contributed by atoms with Gasteiger partial charge in [0.15, 0.2) is 0 Å². The Bertz CT molecular complexity index is 1210. The first-order chi connectivity index (χ1) is 13.9. The smallest absolute Gasteiger partial charge is 0.341 e. The molecule has 0 amide bonds. The molecule has 3 aromatic rings. The van der Waals surface area contributed by atoms with Crippen LogP contribution in [0.5, 0.6) is 5.88 Å². The zero-order chi connectivity index (χ0) is 21.1. The predicted octanol–water partition coefficient (Wildman–Crippen LogP) is 2.45. The molecule has 0 bridgehead atoms. The zero-order valence-electron chi connectivity index (χ0n) is 16.1. The second kappa shape index (κ2) is 8.27. The largest absolute Gasteiger partial charge is 0.494 e. The summed E-state index contributed by atoms with van der Waals surface area (Å²) in [7, 11) is 2.65. The normalized spacial score (nSPS) is 11.1. The van der Waals surface area contributed by atoms with Gasteiger partial charge in [-0.1, -0.05) is 30.3 Å². The molecule has 8 nitrogen and oxygen atoms in total. The van der Waals surface area contributed by atoms with Gasteiger partial charge < -0.3 is 9.84 Å². The highest BCUT2D eigenvalue weighted by Gasteiger charge is 2.21. The van der Waals surface area contributed by atoms with E-state index >= 15 is 0 Å². The number of aliphatic imine (C=N–C) groups is 1. The van der Waals surface area contributed by atoms with Crippen LogP contribution in [-0.4, -0.2) is 33.0 Å². The Hall–Kier alpha value is -3.46. The Morgan fingerprint density at radius 2 is 1.90 bits per heavy atom. The Kier molecular flexibility index (Phi) is 5.79. The molecule has 0 atom stereocenters. The Morgan fingerprint density at radius 3 is 2.55 bits per heavy atom. The molecular formula is C20H19N3O5S. The molecule has 29 heavy (non-hydrogen) atoms. The lowest BCUT2D eigenvalue weighted by molar-refractivity contribution is 0.0529. The van der Waals surface area contributed by atoms with E-state index in [-0.39, 0.29) is 17.7 Å². The minimum absolute atomic E-state index is 0.154. The Morgan fingerprint density at radius 1 is 1.21 bits per heavy atom. The summed E-state index contributed by atoms with van der Waals surface area (Å²) < 4.78 is 6.99. The molecule has 0 spiro atoms. The number of aromatic hydroxyl groups is 1. The average molecular weight is 413 g/mol. The highest BCUT2D eigenvalue weighted by Crippen LogP contribution is 2.38. The van der Waals surface area contributed by atoms with Crippen molar-refractivity contribution in [2.45, 2.75) is 6.92 Å². The minimum atomic E-state index is -0.688. The molecule has 0 unspecified atom stereocenters. The maximum absolute atomic E-state index is 12.6. The quantitative estimate of drug-likeness (QED) is 0.511. The lowest BCUT2D eigenvalue weighted by atomic mass is 10.0. The predicted molar refractivity (Wildman–Crippen MR) is 112 cm³/mol. The highest BCUT2D eigenvalue weighted by molar-refractivity contribution is 7.14. The number of rotatable bonds is 5. The van der Waals surface area contributed by atoms with Gasteiger partial charge in [-0.3, -0.25) is 13.9 Å². The second-order valence-corrected chi connectivity index (χ2v) is 6.98. The summed E-state index contributed by atoms with van der Waals surface area (Å²) in [6.07, 6.45) is 1.15. The number of benzene rings is 1. The fraction of sp³-hybridized carbons (Fsp3) is 0.200. The first-order valence-electron chi connectivity index (χ1n) is 8.73. The van der Waals surface area contributed by atoms with Gasteiger partial charge in [0, 0.05) is 31.3 Å². The zero-order valence-corrected chi connectivity index (χ0v) is 16.9. The van der Waals surface area contributed by atoms with Crippen molar-refractivity contribution in [3.63, 3.8) is 0 Å². The summed E-state index contributed by atoms with van der Waals surface area (Å²) in [4.78, 5) is 41.0. The van der Waals surface area contributed by atoms with Crippen LogP contribution < -0.4 is 11.2 Å². The number of nitrogens with zero attached hydrogens (tertiary/aromatic N) is 3. The fourth-order valence-electron chi connectivity index (χ4n) is 2.77. The first kappa shape index (κ1) is 20.3. The summed E-state index contributed by atoms with van der Waals surface area (Å²) in [5.41, 5.74) is 0.277. The lowest BCUT2D eigenvalue weighted by Gasteiger charge is -2.07. The molecule has 1 aromatic carbocycles. The van der Waals surface area contributed by atoms with Crippen molar-refractivity contribution in [1.29, 1.82) is 0 Å². The standard InChI is InChI=1S/C20H19N3O5S/c1-4-28-19(26)15-14(12-8-6-5-7-9-12)11-29-16(15)21-10-13-17(24)22(2)20(27)23(3)18(13)25/h5-11,24H,4H2,1-3H3. The maximum atomic E-state index is 12.6. The van der Waals surface area contributed by atoms with E-state index in [1.165, 1.54) is 25.4 Å². The van der Waals surface area contributed by atoms with Crippen LogP contribution in [0, 0.1) is 0 Å². The van der Waals surface area contributed by atoms with Gasteiger partial charge in [-0.2, -0.15) is 0 Å². The molecule has 0 fully saturated rings. The number of esters is 1. The van der Waals surface area contributed by atoms with Crippen LogP contribution in [0.3, 0.4) is 0 Å². The number of carbonyl (C=O) groups excluding carboxylic acids is 1. The van der Waals surface area contributed by atoms with E-state index in [1.54, 1.807) is 12.3 Å². The molecular weight excluding hydrogens is 394 g/mol. The molecule has 0 saturated heterocycles. The summed E-state index contributed by atoms with van der Waals surface area (Å²) in [6.45, 7) is 1.91. The van der Waals surface area contributed by atoms with E-state index in [0.717, 1.165) is 20.9 Å². The van der Waals surface area contributed by atoms with E-state index in [2.05, 4.69) is 4.99 Å².